The van der Waals surface area contributed by atoms with E-state index in [0.717, 1.165) is 16.0 Å². The van der Waals surface area contributed by atoms with Gasteiger partial charge in [0.25, 0.3) is 5.91 Å². The Balaban J connectivity index is 1.70. The zero-order valence-corrected chi connectivity index (χ0v) is 22.4. The summed E-state index contributed by atoms with van der Waals surface area (Å²) in [5.74, 6) is 0.192. The molecule has 6 nitrogen and oxygen atoms in total. The lowest BCUT2D eigenvalue weighted by Gasteiger charge is -2.28. The molecule has 0 saturated heterocycles. The van der Waals surface area contributed by atoms with E-state index in [4.69, 9.17) is 21.1 Å². The topological polar surface area (TPSA) is 59.1 Å². The standard InChI is InChI=1S/C28H33ClN2O4S/c1-3-34-16-7-15-30(28(33)21-35-25-12-10-24(29)11-13-25)20-27(32)31(18-23-8-5-4-6-9-23)19-26-22(2)14-17-36-26/h4-6,8-14,17H,3,7,15-16,18-21H2,1-2H3. The average molecular weight is 529 g/mol. The quantitative estimate of drug-likeness (QED) is 0.257. The van der Waals surface area contributed by atoms with Gasteiger partial charge in [0.2, 0.25) is 5.91 Å². The van der Waals surface area contributed by atoms with Gasteiger partial charge >= 0.3 is 0 Å². The van der Waals surface area contributed by atoms with E-state index in [0.29, 0.717) is 50.0 Å². The molecule has 0 aliphatic carbocycles. The van der Waals surface area contributed by atoms with E-state index in [1.807, 2.05) is 47.5 Å². The van der Waals surface area contributed by atoms with Crippen LogP contribution >= 0.6 is 22.9 Å². The maximum Gasteiger partial charge on any atom is 0.260 e. The Morgan fingerprint density at radius 1 is 0.944 bits per heavy atom. The largest absolute Gasteiger partial charge is 0.484 e. The highest BCUT2D eigenvalue weighted by Gasteiger charge is 2.23. The van der Waals surface area contributed by atoms with Gasteiger partial charge in [0.1, 0.15) is 5.75 Å². The molecule has 3 aromatic rings. The van der Waals surface area contributed by atoms with Gasteiger partial charge in [0.05, 0.1) is 13.1 Å². The molecule has 192 valence electrons. The molecule has 0 aliphatic heterocycles. The molecule has 0 saturated carbocycles. The van der Waals surface area contributed by atoms with Crippen LogP contribution in [0.1, 0.15) is 29.3 Å². The summed E-state index contributed by atoms with van der Waals surface area (Å²) in [6.45, 7) is 6.31. The molecule has 0 spiro atoms. The highest BCUT2D eigenvalue weighted by Crippen LogP contribution is 2.20. The number of ether oxygens (including phenoxy) is 2. The number of thiophene rings is 1. The van der Waals surface area contributed by atoms with Gasteiger partial charge in [-0.3, -0.25) is 9.59 Å². The molecule has 0 radical (unpaired) electrons. The van der Waals surface area contributed by atoms with E-state index in [2.05, 4.69) is 13.0 Å². The van der Waals surface area contributed by atoms with Crippen LogP contribution in [-0.4, -0.2) is 54.5 Å². The monoisotopic (exact) mass is 528 g/mol. The molecule has 1 aromatic heterocycles. The molecule has 0 atom stereocenters. The first kappa shape index (κ1) is 27.7. The number of hydrogen-bond donors (Lipinski definition) is 0. The van der Waals surface area contributed by atoms with E-state index in [1.165, 1.54) is 0 Å². The molecule has 0 bridgehead atoms. The number of amides is 2. The fraction of sp³-hybridized carbons (Fsp3) is 0.357. The van der Waals surface area contributed by atoms with E-state index in [-0.39, 0.29) is 25.0 Å². The summed E-state index contributed by atoms with van der Waals surface area (Å²) in [5, 5.41) is 2.63. The number of rotatable bonds is 14. The van der Waals surface area contributed by atoms with Gasteiger partial charge in [-0.1, -0.05) is 41.9 Å². The van der Waals surface area contributed by atoms with Gasteiger partial charge in [0, 0.05) is 36.2 Å². The zero-order chi connectivity index (χ0) is 25.8. The summed E-state index contributed by atoms with van der Waals surface area (Å²) < 4.78 is 11.1. The normalized spacial score (nSPS) is 10.8. The summed E-state index contributed by atoms with van der Waals surface area (Å²) in [7, 11) is 0. The van der Waals surface area contributed by atoms with E-state index >= 15 is 0 Å². The number of halogens is 1. The van der Waals surface area contributed by atoms with Crippen molar-refractivity contribution >= 4 is 34.8 Å². The average Bonchev–Trinajstić information content (AvgIpc) is 3.29. The third-order valence-corrected chi connectivity index (χ3v) is 6.91. The molecular weight excluding hydrogens is 496 g/mol. The maximum atomic E-state index is 13.6. The van der Waals surface area contributed by atoms with Crippen LogP contribution < -0.4 is 4.74 Å². The molecule has 0 fully saturated rings. The fourth-order valence-electron chi connectivity index (χ4n) is 3.60. The first-order chi connectivity index (χ1) is 17.5. The molecule has 0 aliphatic rings. The smallest absolute Gasteiger partial charge is 0.260 e. The SMILES string of the molecule is CCOCCCN(CC(=O)N(Cc1ccccc1)Cc1sccc1C)C(=O)COc1ccc(Cl)cc1. The molecule has 1 heterocycles. The van der Waals surface area contributed by atoms with E-state index < -0.39 is 0 Å². The number of carbonyl (C=O) groups excluding carboxylic acids is 2. The number of nitrogens with zero attached hydrogens (tertiary/aromatic N) is 2. The lowest BCUT2D eigenvalue weighted by Crippen LogP contribution is -2.44. The molecule has 2 aromatic carbocycles. The molecule has 0 unspecified atom stereocenters. The predicted molar refractivity (Wildman–Crippen MR) is 144 cm³/mol. The second-order valence-electron chi connectivity index (χ2n) is 8.37. The third kappa shape index (κ3) is 8.97. The van der Waals surface area contributed by atoms with Crippen LogP contribution in [0.2, 0.25) is 5.02 Å². The fourth-order valence-corrected chi connectivity index (χ4v) is 4.65. The Hall–Kier alpha value is -2.87. The van der Waals surface area contributed by atoms with Crippen LogP contribution in [0.4, 0.5) is 0 Å². The summed E-state index contributed by atoms with van der Waals surface area (Å²) in [4.78, 5) is 31.2. The first-order valence-corrected chi connectivity index (χ1v) is 13.3. The van der Waals surface area contributed by atoms with Gasteiger partial charge in [-0.25, -0.2) is 0 Å². The minimum Gasteiger partial charge on any atom is -0.484 e. The van der Waals surface area contributed by atoms with Crippen molar-refractivity contribution in [1.29, 1.82) is 0 Å². The Morgan fingerprint density at radius 3 is 2.36 bits per heavy atom. The van der Waals surface area contributed by atoms with Gasteiger partial charge in [-0.15, -0.1) is 11.3 Å². The summed E-state index contributed by atoms with van der Waals surface area (Å²) in [6.07, 6.45) is 0.635. The van der Waals surface area contributed by atoms with Crippen LogP contribution in [0.3, 0.4) is 0 Å². The predicted octanol–water partition coefficient (Wildman–Crippen LogP) is 5.57. The second kappa shape index (κ2) is 14.6. The van der Waals surface area contributed by atoms with Crippen molar-refractivity contribution in [2.75, 3.05) is 32.9 Å². The van der Waals surface area contributed by atoms with Crippen LogP contribution in [0.15, 0.2) is 66.0 Å². The highest BCUT2D eigenvalue weighted by atomic mass is 35.5. The minimum atomic E-state index is -0.248. The number of benzene rings is 2. The molecule has 36 heavy (non-hydrogen) atoms. The summed E-state index contributed by atoms with van der Waals surface area (Å²) in [5.41, 5.74) is 2.20. The van der Waals surface area contributed by atoms with Crippen LogP contribution in [0.25, 0.3) is 0 Å². The third-order valence-electron chi connectivity index (χ3n) is 5.65. The molecule has 3 rings (SSSR count). The Kier molecular flexibility index (Phi) is 11.3. The number of aryl methyl sites for hydroxylation is 1. The summed E-state index contributed by atoms with van der Waals surface area (Å²) in [6, 6.07) is 18.8. The van der Waals surface area contributed by atoms with Crippen molar-refractivity contribution in [1.82, 2.24) is 9.80 Å². The van der Waals surface area contributed by atoms with Gasteiger partial charge < -0.3 is 19.3 Å². The number of hydrogen-bond acceptors (Lipinski definition) is 5. The summed E-state index contributed by atoms with van der Waals surface area (Å²) >= 11 is 7.57. The van der Waals surface area contributed by atoms with Gasteiger partial charge in [-0.2, -0.15) is 0 Å². The van der Waals surface area contributed by atoms with Crippen molar-refractivity contribution < 1.29 is 19.1 Å². The van der Waals surface area contributed by atoms with Crippen molar-refractivity contribution in [3.63, 3.8) is 0 Å². The van der Waals surface area contributed by atoms with E-state index in [1.54, 1.807) is 40.5 Å². The molecule has 2 amide bonds. The van der Waals surface area contributed by atoms with E-state index in [9.17, 15) is 9.59 Å². The number of carbonyl (C=O) groups is 2. The minimum absolute atomic E-state index is 0.0216. The van der Waals surface area contributed by atoms with Crippen molar-refractivity contribution in [2.24, 2.45) is 0 Å². The molecule has 0 N–H and O–H groups in total. The Labute approximate surface area is 222 Å². The highest BCUT2D eigenvalue weighted by molar-refractivity contribution is 7.10. The maximum absolute atomic E-state index is 13.6. The lowest BCUT2D eigenvalue weighted by molar-refractivity contribution is -0.142. The molecule has 8 heteroatoms. The van der Waals surface area contributed by atoms with Gasteiger partial charge in [0.15, 0.2) is 6.61 Å². The lowest BCUT2D eigenvalue weighted by atomic mass is 10.2. The van der Waals surface area contributed by atoms with Gasteiger partial charge in [-0.05, 0) is 67.1 Å². The Bertz CT molecular complexity index is 1090. The molecular formula is C28H33ClN2O4S. The zero-order valence-electron chi connectivity index (χ0n) is 20.8. The Morgan fingerprint density at radius 2 is 1.69 bits per heavy atom. The van der Waals surface area contributed by atoms with Crippen molar-refractivity contribution in [3.8, 4) is 5.75 Å². The van der Waals surface area contributed by atoms with Crippen LogP contribution in [0, 0.1) is 6.92 Å². The second-order valence-corrected chi connectivity index (χ2v) is 9.81. The first-order valence-electron chi connectivity index (χ1n) is 12.0. The van der Waals surface area contributed by atoms with Crippen molar-refractivity contribution in [2.45, 2.75) is 33.4 Å². The van der Waals surface area contributed by atoms with Crippen LogP contribution in [-0.2, 0) is 27.4 Å². The van der Waals surface area contributed by atoms with Crippen molar-refractivity contribution in [3.05, 3.63) is 87.1 Å². The van der Waals surface area contributed by atoms with Crippen LogP contribution in [0.5, 0.6) is 5.75 Å².